The van der Waals surface area contributed by atoms with Crippen LogP contribution in [0.4, 0.5) is 0 Å². The summed E-state index contributed by atoms with van der Waals surface area (Å²) in [6.45, 7) is 9.76. The number of nitrogens with one attached hydrogen (secondary N) is 2. The van der Waals surface area contributed by atoms with Crippen molar-refractivity contribution in [3.8, 4) is 16.9 Å². The normalized spacial score (nSPS) is 12.6. The maximum Gasteiger partial charge on any atom is 0.329 e. The predicted octanol–water partition coefficient (Wildman–Crippen LogP) is 7.15. The lowest BCUT2D eigenvalue weighted by atomic mass is 10.00. The van der Waals surface area contributed by atoms with Crippen molar-refractivity contribution in [2.24, 2.45) is 5.92 Å². The number of carbonyl (C=O) groups is 3. The molecule has 0 saturated carbocycles. The third-order valence-corrected chi connectivity index (χ3v) is 7.20. The van der Waals surface area contributed by atoms with Gasteiger partial charge in [-0.3, -0.25) is 9.59 Å². The lowest BCUT2D eigenvalue weighted by molar-refractivity contribution is -0.158. The van der Waals surface area contributed by atoms with Gasteiger partial charge in [-0.1, -0.05) is 98.8 Å². The van der Waals surface area contributed by atoms with E-state index in [0.717, 1.165) is 22.3 Å². The fourth-order valence-electron chi connectivity index (χ4n) is 4.93. The summed E-state index contributed by atoms with van der Waals surface area (Å²) in [6.07, 6.45) is 0.608. The molecule has 4 aromatic carbocycles. The summed E-state index contributed by atoms with van der Waals surface area (Å²) < 4.78 is 11.6. The predicted molar refractivity (Wildman–Crippen MR) is 181 cm³/mol. The van der Waals surface area contributed by atoms with Crippen LogP contribution in [0.3, 0.4) is 0 Å². The van der Waals surface area contributed by atoms with Gasteiger partial charge in [-0.15, -0.1) is 0 Å². The smallest absolute Gasteiger partial charge is 0.329 e. The standard InChI is InChI=1S/C39H44N2O5/c1-27(2)24-34(40-36(42)32-20-18-31(19-21-32)30-14-10-7-11-15-30)37(43)41-35(38(44)46-39(3,4)5)25-28-16-22-33(23-17-28)45-26-29-12-8-6-9-13-29/h6-23,27,34-35H,24-26H2,1-5H3,(H,40,42)(H,41,43). The van der Waals surface area contributed by atoms with Crippen LogP contribution in [0.2, 0.25) is 0 Å². The zero-order valence-corrected chi connectivity index (χ0v) is 27.3. The third kappa shape index (κ3) is 10.6. The monoisotopic (exact) mass is 620 g/mol. The maximum absolute atomic E-state index is 13.7. The quantitative estimate of drug-likeness (QED) is 0.155. The van der Waals surface area contributed by atoms with Crippen molar-refractivity contribution in [1.29, 1.82) is 0 Å². The van der Waals surface area contributed by atoms with Gasteiger partial charge in [0.2, 0.25) is 5.91 Å². The summed E-state index contributed by atoms with van der Waals surface area (Å²) in [5, 5.41) is 5.78. The molecule has 4 aromatic rings. The summed E-state index contributed by atoms with van der Waals surface area (Å²) in [4.78, 5) is 40.3. The van der Waals surface area contributed by atoms with Crippen LogP contribution in [-0.2, 0) is 27.4 Å². The molecule has 240 valence electrons. The van der Waals surface area contributed by atoms with E-state index in [2.05, 4.69) is 10.6 Å². The molecule has 0 aromatic heterocycles. The van der Waals surface area contributed by atoms with E-state index < -0.39 is 29.6 Å². The van der Waals surface area contributed by atoms with Crippen LogP contribution in [0.15, 0.2) is 109 Å². The van der Waals surface area contributed by atoms with E-state index in [9.17, 15) is 14.4 Å². The second-order valence-electron chi connectivity index (χ2n) is 12.8. The lowest BCUT2D eigenvalue weighted by Gasteiger charge is -2.27. The van der Waals surface area contributed by atoms with Crippen LogP contribution in [0.1, 0.15) is 62.5 Å². The highest BCUT2D eigenvalue weighted by Crippen LogP contribution is 2.20. The number of benzene rings is 4. The van der Waals surface area contributed by atoms with Gasteiger partial charge in [0.05, 0.1) is 0 Å². The average Bonchev–Trinajstić information content (AvgIpc) is 3.03. The van der Waals surface area contributed by atoms with E-state index in [-0.39, 0.29) is 18.2 Å². The Morgan fingerprint density at radius 2 is 1.26 bits per heavy atom. The minimum absolute atomic E-state index is 0.111. The van der Waals surface area contributed by atoms with E-state index in [4.69, 9.17) is 9.47 Å². The Hall–Kier alpha value is -4.91. The first-order valence-corrected chi connectivity index (χ1v) is 15.7. The number of rotatable bonds is 13. The average molecular weight is 621 g/mol. The lowest BCUT2D eigenvalue weighted by Crippen LogP contribution is -2.53. The third-order valence-electron chi connectivity index (χ3n) is 7.20. The first-order chi connectivity index (χ1) is 22.0. The molecule has 2 atom stereocenters. The fraction of sp³-hybridized carbons (Fsp3) is 0.308. The Morgan fingerprint density at radius 3 is 1.85 bits per heavy atom. The van der Waals surface area contributed by atoms with E-state index in [1.165, 1.54) is 0 Å². The van der Waals surface area contributed by atoms with E-state index in [1.807, 2.05) is 111 Å². The molecule has 0 heterocycles. The highest BCUT2D eigenvalue weighted by Gasteiger charge is 2.31. The minimum atomic E-state index is -0.959. The molecule has 2 unspecified atom stereocenters. The molecule has 7 heteroatoms. The molecule has 7 nitrogen and oxygen atoms in total. The molecule has 46 heavy (non-hydrogen) atoms. The first kappa shape index (κ1) is 34.0. The molecule has 0 spiro atoms. The molecule has 2 N–H and O–H groups in total. The van der Waals surface area contributed by atoms with Gasteiger partial charge in [-0.25, -0.2) is 4.79 Å². The summed E-state index contributed by atoms with van der Waals surface area (Å²) in [5.41, 5.74) is 3.63. The summed E-state index contributed by atoms with van der Waals surface area (Å²) in [5.74, 6) is -0.541. The van der Waals surface area contributed by atoms with Crippen molar-refractivity contribution < 1.29 is 23.9 Å². The Bertz CT molecular complexity index is 1560. The molecular formula is C39H44N2O5. The van der Waals surface area contributed by atoms with Gasteiger partial charge in [0.15, 0.2) is 0 Å². The Labute approximate surface area is 272 Å². The second kappa shape index (κ2) is 15.9. The molecule has 4 rings (SSSR count). The zero-order chi connectivity index (χ0) is 33.1. The summed E-state index contributed by atoms with van der Waals surface area (Å²) >= 11 is 0. The molecule has 0 radical (unpaired) electrons. The van der Waals surface area contributed by atoms with Crippen LogP contribution in [-0.4, -0.2) is 35.5 Å². The van der Waals surface area contributed by atoms with Crippen LogP contribution in [0, 0.1) is 5.92 Å². The molecular weight excluding hydrogens is 576 g/mol. The SMILES string of the molecule is CC(C)CC(NC(=O)c1ccc(-c2ccccc2)cc1)C(=O)NC(Cc1ccc(OCc2ccccc2)cc1)C(=O)OC(C)(C)C. The Kier molecular flexibility index (Phi) is 11.7. The molecule has 0 aliphatic heterocycles. The summed E-state index contributed by atoms with van der Waals surface area (Å²) in [7, 11) is 0. The van der Waals surface area contributed by atoms with Crippen molar-refractivity contribution in [3.05, 3.63) is 126 Å². The van der Waals surface area contributed by atoms with Crippen molar-refractivity contribution in [3.63, 3.8) is 0 Å². The molecule has 2 amide bonds. The van der Waals surface area contributed by atoms with Crippen LogP contribution in [0.25, 0.3) is 11.1 Å². The zero-order valence-electron chi connectivity index (χ0n) is 27.3. The highest BCUT2D eigenvalue weighted by molar-refractivity contribution is 5.98. The molecule has 0 aliphatic rings. The van der Waals surface area contributed by atoms with Crippen molar-refractivity contribution >= 4 is 17.8 Å². The molecule has 0 aliphatic carbocycles. The van der Waals surface area contributed by atoms with Crippen LogP contribution in [0.5, 0.6) is 5.75 Å². The van der Waals surface area contributed by atoms with Crippen LogP contribution >= 0.6 is 0 Å². The number of hydrogen-bond acceptors (Lipinski definition) is 5. The maximum atomic E-state index is 13.7. The summed E-state index contributed by atoms with van der Waals surface area (Å²) in [6, 6.07) is 32.7. The topological polar surface area (TPSA) is 93.7 Å². The molecule has 0 bridgehead atoms. The van der Waals surface area contributed by atoms with Crippen molar-refractivity contribution in [2.75, 3.05) is 0 Å². The fourth-order valence-corrected chi connectivity index (χ4v) is 4.93. The molecule has 0 fully saturated rings. The van der Waals surface area contributed by atoms with Gasteiger partial charge in [-0.05, 0) is 79.6 Å². The van der Waals surface area contributed by atoms with Crippen molar-refractivity contribution in [1.82, 2.24) is 10.6 Å². The highest BCUT2D eigenvalue weighted by atomic mass is 16.6. The Morgan fingerprint density at radius 1 is 0.674 bits per heavy atom. The van der Waals surface area contributed by atoms with Gasteiger partial charge in [0.1, 0.15) is 30.0 Å². The van der Waals surface area contributed by atoms with E-state index in [0.29, 0.717) is 24.3 Å². The van der Waals surface area contributed by atoms with Crippen molar-refractivity contribution in [2.45, 2.75) is 71.8 Å². The number of ether oxygens (including phenoxy) is 2. The largest absolute Gasteiger partial charge is 0.489 e. The number of esters is 1. The number of amides is 2. The van der Waals surface area contributed by atoms with Gasteiger partial charge < -0.3 is 20.1 Å². The van der Waals surface area contributed by atoms with E-state index in [1.54, 1.807) is 32.9 Å². The van der Waals surface area contributed by atoms with E-state index >= 15 is 0 Å². The van der Waals surface area contributed by atoms with Gasteiger partial charge in [0, 0.05) is 12.0 Å². The number of hydrogen-bond donors (Lipinski definition) is 2. The van der Waals surface area contributed by atoms with Gasteiger partial charge in [0.25, 0.3) is 5.91 Å². The number of carbonyl (C=O) groups excluding carboxylic acids is 3. The van der Waals surface area contributed by atoms with Gasteiger partial charge in [-0.2, -0.15) is 0 Å². The van der Waals surface area contributed by atoms with Gasteiger partial charge >= 0.3 is 5.97 Å². The first-order valence-electron chi connectivity index (χ1n) is 15.7. The molecule has 0 saturated heterocycles. The second-order valence-corrected chi connectivity index (χ2v) is 12.8. The van der Waals surface area contributed by atoms with Crippen LogP contribution < -0.4 is 15.4 Å². The Balaban J connectivity index is 1.45. The minimum Gasteiger partial charge on any atom is -0.489 e.